The van der Waals surface area contributed by atoms with Crippen LogP contribution < -0.4 is 0 Å². The number of carbonyl (C=O) groups is 3. The van der Waals surface area contributed by atoms with E-state index in [1.807, 2.05) is 0 Å². The van der Waals surface area contributed by atoms with Crippen LogP contribution in [0, 0.1) is 10.1 Å². The molecule has 1 aliphatic rings. The lowest BCUT2D eigenvalue weighted by Gasteiger charge is -2.13. The average molecular weight is 359 g/mol. The van der Waals surface area contributed by atoms with Crippen LogP contribution in [0.25, 0.3) is 0 Å². The molecule has 0 spiro atoms. The first-order valence-corrected chi connectivity index (χ1v) is 6.91. The molecule has 1 aromatic rings. The smallest absolute Gasteiger partial charge is 0.338 e. The number of esters is 1. The van der Waals surface area contributed by atoms with Crippen LogP contribution in [0.3, 0.4) is 0 Å². The van der Waals surface area contributed by atoms with Gasteiger partial charge in [0.2, 0.25) is 0 Å². The number of rotatable bonds is 5. The van der Waals surface area contributed by atoms with Crippen LogP contribution >= 0.6 is 23.2 Å². The molecule has 0 radical (unpaired) electrons. The number of nitro benzene ring substituents is 1. The van der Waals surface area contributed by atoms with E-state index in [0.29, 0.717) is 0 Å². The van der Waals surface area contributed by atoms with E-state index < -0.39 is 22.7 Å². The first kappa shape index (κ1) is 16.9. The topological polar surface area (TPSA) is 107 Å². The van der Waals surface area contributed by atoms with Crippen LogP contribution in [0.4, 0.5) is 5.69 Å². The van der Waals surface area contributed by atoms with Crippen molar-refractivity contribution in [3.05, 3.63) is 50.0 Å². The Labute approximate surface area is 139 Å². The van der Waals surface area contributed by atoms with Crippen LogP contribution in [0.2, 0.25) is 0 Å². The van der Waals surface area contributed by atoms with Gasteiger partial charge in [0.25, 0.3) is 17.5 Å². The van der Waals surface area contributed by atoms with Crippen molar-refractivity contribution in [2.75, 3.05) is 13.2 Å². The van der Waals surface area contributed by atoms with Crippen LogP contribution in [-0.4, -0.2) is 40.8 Å². The molecular formula is C13H8Cl2N2O6. The van der Waals surface area contributed by atoms with Crippen LogP contribution in [0.5, 0.6) is 0 Å². The van der Waals surface area contributed by atoms with Gasteiger partial charge in [-0.2, -0.15) is 0 Å². The second-order valence-electron chi connectivity index (χ2n) is 4.33. The van der Waals surface area contributed by atoms with Crippen molar-refractivity contribution in [2.24, 2.45) is 0 Å². The number of hydrogen-bond donors (Lipinski definition) is 0. The van der Waals surface area contributed by atoms with Crippen molar-refractivity contribution in [3.63, 3.8) is 0 Å². The summed E-state index contributed by atoms with van der Waals surface area (Å²) in [7, 11) is 0. The summed E-state index contributed by atoms with van der Waals surface area (Å²) >= 11 is 11.1. The number of ether oxygens (including phenoxy) is 1. The molecule has 23 heavy (non-hydrogen) atoms. The molecule has 1 heterocycles. The lowest BCUT2D eigenvalue weighted by Crippen LogP contribution is -2.34. The molecule has 0 aliphatic carbocycles. The average Bonchev–Trinajstić information content (AvgIpc) is 2.72. The molecule has 1 aromatic carbocycles. The Morgan fingerprint density at radius 1 is 1.13 bits per heavy atom. The molecule has 1 aliphatic heterocycles. The third-order valence-electron chi connectivity index (χ3n) is 2.92. The molecule has 0 aromatic heterocycles. The highest BCUT2D eigenvalue weighted by Crippen LogP contribution is 2.26. The molecule has 0 N–H and O–H groups in total. The standard InChI is InChI=1S/C13H8Cl2N2O6/c14-9-10(15)12(19)16(11(9)18)5-6-23-13(20)7-1-3-8(4-2-7)17(21)22/h1-4H,5-6H2. The van der Waals surface area contributed by atoms with Crippen LogP contribution in [0.15, 0.2) is 34.3 Å². The quantitative estimate of drug-likeness (QED) is 0.343. The van der Waals surface area contributed by atoms with Gasteiger partial charge in [-0.3, -0.25) is 24.6 Å². The maximum atomic E-state index is 11.7. The zero-order chi connectivity index (χ0) is 17.1. The maximum absolute atomic E-state index is 11.7. The summed E-state index contributed by atoms with van der Waals surface area (Å²) < 4.78 is 4.90. The third kappa shape index (κ3) is 3.49. The van der Waals surface area contributed by atoms with Gasteiger partial charge in [-0.05, 0) is 12.1 Å². The van der Waals surface area contributed by atoms with E-state index in [1.165, 1.54) is 12.1 Å². The van der Waals surface area contributed by atoms with Crippen molar-refractivity contribution in [1.82, 2.24) is 4.90 Å². The molecule has 8 nitrogen and oxygen atoms in total. The summed E-state index contributed by atoms with van der Waals surface area (Å²) in [5.74, 6) is -2.26. The summed E-state index contributed by atoms with van der Waals surface area (Å²) in [6, 6.07) is 4.80. The van der Waals surface area contributed by atoms with Gasteiger partial charge in [0.15, 0.2) is 0 Å². The number of nitrogens with zero attached hydrogens (tertiary/aromatic N) is 2. The minimum atomic E-state index is -0.756. The van der Waals surface area contributed by atoms with Crippen LogP contribution in [0.1, 0.15) is 10.4 Å². The number of non-ortho nitro benzene ring substituents is 1. The minimum Gasteiger partial charge on any atom is -0.460 e. The number of hydrogen-bond acceptors (Lipinski definition) is 6. The molecule has 2 rings (SSSR count). The lowest BCUT2D eigenvalue weighted by atomic mass is 10.2. The van der Waals surface area contributed by atoms with Gasteiger partial charge in [-0.15, -0.1) is 0 Å². The number of amides is 2. The molecule has 0 fully saturated rings. The van der Waals surface area contributed by atoms with Gasteiger partial charge in [0, 0.05) is 12.1 Å². The Hall–Kier alpha value is -2.45. The summed E-state index contributed by atoms with van der Waals surface area (Å²) in [6.45, 7) is -0.468. The van der Waals surface area contributed by atoms with Crippen molar-refractivity contribution in [2.45, 2.75) is 0 Å². The predicted octanol–water partition coefficient (Wildman–Crippen LogP) is 1.81. The molecule has 0 unspecified atom stereocenters. The third-order valence-corrected chi connectivity index (χ3v) is 3.72. The van der Waals surface area contributed by atoms with E-state index in [2.05, 4.69) is 0 Å². The highest BCUT2D eigenvalue weighted by molar-refractivity contribution is 6.58. The van der Waals surface area contributed by atoms with Crippen molar-refractivity contribution >= 4 is 46.7 Å². The van der Waals surface area contributed by atoms with Gasteiger partial charge in [-0.25, -0.2) is 4.79 Å². The summed E-state index contributed by atoms with van der Waals surface area (Å²) in [5, 5.41) is 9.76. The zero-order valence-corrected chi connectivity index (χ0v) is 12.8. The molecule has 0 saturated heterocycles. The predicted molar refractivity (Wildman–Crippen MR) is 78.8 cm³/mol. The second-order valence-corrected chi connectivity index (χ2v) is 5.09. The summed E-state index contributed by atoms with van der Waals surface area (Å²) in [5.41, 5.74) is -0.0611. The van der Waals surface area contributed by atoms with E-state index >= 15 is 0 Å². The highest BCUT2D eigenvalue weighted by Gasteiger charge is 2.36. The number of halogens is 2. The van der Waals surface area contributed by atoms with Gasteiger partial charge >= 0.3 is 5.97 Å². The summed E-state index contributed by atoms with van der Waals surface area (Å²) in [4.78, 5) is 45.6. The fourth-order valence-electron chi connectivity index (χ4n) is 1.75. The molecule has 0 bridgehead atoms. The fraction of sp³-hybridized carbons (Fsp3) is 0.154. The second kappa shape index (κ2) is 6.76. The Balaban J connectivity index is 1.89. The molecular weight excluding hydrogens is 351 g/mol. The van der Waals surface area contributed by atoms with Crippen LogP contribution in [-0.2, 0) is 14.3 Å². The molecule has 0 atom stereocenters. The van der Waals surface area contributed by atoms with Crippen molar-refractivity contribution in [3.8, 4) is 0 Å². The Bertz CT molecular complexity index is 704. The number of nitro groups is 1. The number of carbonyl (C=O) groups excluding carboxylic acids is 3. The minimum absolute atomic E-state index is 0.101. The van der Waals surface area contributed by atoms with Gasteiger partial charge in [0.05, 0.1) is 17.0 Å². The molecule has 120 valence electrons. The van der Waals surface area contributed by atoms with Crippen molar-refractivity contribution in [1.29, 1.82) is 0 Å². The van der Waals surface area contributed by atoms with E-state index in [4.69, 9.17) is 27.9 Å². The number of imide groups is 1. The lowest BCUT2D eigenvalue weighted by molar-refractivity contribution is -0.384. The van der Waals surface area contributed by atoms with Gasteiger partial charge in [0.1, 0.15) is 16.7 Å². The highest BCUT2D eigenvalue weighted by atomic mass is 35.5. The fourth-order valence-corrected chi connectivity index (χ4v) is 2.12. The summed E-state index contributed by atoms with van der Waals surface area (Å²) in [6.07, 6.45) is 0. The Morgan fingerprint density at radius 3 is 2.13 bits per heavy atom. The Morgan fingerprint density at radius 2 is 1.65 bits per heavy atom. The number of benzene rings is 1. The molecule has 0 saturated carbocycles. The molecule has 10 heteroatoms. The van der Waals surface area contributed by atoms with E-state index in [0.717, 1.165) is 17.0 Å². The van der Waals surface area contributed by atoms with Crippen molar-refractivity contribution < 1.29 is 24.0 Å². The monoisotopic (exact) mass is 358 g/mol. The normalized spacial score (nSPS) is 14.4. The van der Waals surface area contributed by atoms with E-state index in [9.17, 15) is 24.5 Å². The first-order chi connectivity index (χ1) is 10.8. The SMILES string of the molecule is O=C(OCCN1C(=O)C(Cl)=C(Cl)C1=O)c1ccc([N+](=O)[O-])cc1. The van der Waals surface area contributed by atoms with Gasteiger partial charge < -0.3 is 4.74 Å². The van der Waals surface area contributed by atoms with E-state index in [-0.39, 0.29) is 34.5 Å². The maximum Gasteiger partial charge on any atom is 0.338 e. The van der Waals surface area contributed by atoms with E-state index in [1.54, 1.807) is 0 Å². The van der Waals surface area contributed by atoms with Gasteiger partial charge in [-0.1, -0.05) is 23.2 Å². The Kier molecular flexibility index (Phi) is 4.97. The molecule has 2 amide bonds. The largest absolute Gasteiger partial charge is 0.460 e. The first-order valence-electron chi connectivity index (χ1n) is 6.16. The zero-order valence-electron chi connectivity index (χ0n) is 11.3.